The average Bonchev–Trinajstić information content (AvgIpc) is 2.92. The van der Waals surface area contributed by atoms with Crippen molar-refractivity contribution in [3.8, 4) is 0 Å². The second kappa shape index (κ2) is 13.7. The predicted octanol–water partition coefficient (Wildman–Crippen LogP) is -1.95. The average molecular weight is 626 g/mol. The zero-order chi connectivity index (χ0) is 34.9. The Morgan fingerprint density at radius 2 is 1.67 bits per heavy atom. The lowest BCUT2D eigenvalue weighted by Gasteiger charge is -2.47. The number of morpholine rings is 1. The molecule has 0 radical (unpaired) electrons. The number of hydrogen-bond donors (Lipinski definition) is 2. The molecule has 1 aliphatic heterocycles. The number of amides is 2. The Bertz CT molecular complexity index is 1440. The van der Waals surface area contributed by atoms with Crippen LogP contribution in [0.2, 0.25) is 10.4 Å². The fraction of sp³-hybridized carbons (Fsp3) is 0.516. The van der Waals surface area contributed by atoms with E-state index in [2.05, 4.69) is 43.2 Å². The lowest BCUT2D eigenvalue weighted by Crippen LogP contribution is -2.57. The molecule has 2 amide bonds. The Kier molecular flexibility index (Phi) is 11.2. The maximum absolute atomic E-state index is 15.5. The summed E-state index contributed by atoms with van der Waals surface area (Å²) in [5, 5.41) is 3.60. The molecular formula is C31H49B6FN4O4. The highest BCUT2D eigenvalue weighted by molar-refractivity contribution is 6.60. The molecule has 0 aliphatic carbocycles. The molecule has 1 heterocycles. The molecule has 0 aromatic heterocycles. The second-order valence-electron chi connectivity index (χ2n) is 15.8. The van der Waals surface area contributed by atoms with Crippen LogP contribution in [0, 0.1) is 12.7 Å². The summed E-state index contributed by atoms with van der Waals surface area (Å²) in [6, 6.07) is 10.1. The number of ether oxygens (including phenoxy) is 1. The largest absolute Gasteiger partial charge is 0.391 e. The third-order valence-corrected chi connectivity index (χ3v) is 9.67. The van der Waals surface area contributed by atoms with Gasteiger partial charge >= 0.3 is 0 Å². The summed E-state index contributed by atoms with van der Waals surface area (Å²) < 4.78 is 21.8. The van der Waals surface area contributed by atoms with Gasteiger partial charge in [-0.05, 0) is 74.2 Å². The number of carbonyl (C=O) groups is 3. The molecule has 1 fully saturated rings. The van der Waals surface area contributed by atoms with E-state index in [1.807, 2.05) is 68.6 Å². The minimum atomic E-state index is -0.931. The van der Waals surface area contributed by atoms with Crippen molar-refractivity contribution in [2.45, 2.75) is 80.7 Å². The molecule has 0 saturated carbocycles. The van der Waals surface area contributed by atoms with Gasteiger partial charge in [-0.1, -0.05) is 29.5 Å². The van der Waals surface area contributed by atoms with Crippen molar-refractivity contribution >= 4 is 71.4 Å². The first-order valence-corrected chi connectivity index (χ1v) is 16.1. The number of nitrogens with zero attached hydrogens (tertiary/aromatic N) is 2. The molecule has 3 rings (SSSR count). The van der Waals surface area contributed by atoms with Crippen molar-refractivity contribution in [2.75, 3.05) is 25.5 Å². The van der Waals surface area contributed by atoms with Crippen LogP contribution in [0.4, 0.5) is 10.1 Å². The minimum Gasteiger partial charge on any atom is -0.391 e. The predicted molar refractivity (Wildman–Crippen MR) is 200 cm³/mol. The molecule has 1 aliphatic rings. The smallest absolute Gasteiger partial charge is 0.241 e. The standard InChI is InChI=1S/C31H49B6FN4O4/c1-19-8-7-9-24(21(19)14-42(18-44)25(26(45)39-6)30(34,35)29(32,33)17-43)40-31(36,37)22-12-20(10-11-23(22)38)13-41-15-27(2,3)46-28(4,5)16-41/h7-12,17-18,25,40H,13-16,32-37H2,1-6H3,(H,39,45). The van der Waals surface area contributed by atoms with Gasteiger partial charge in [-0.15, -0.1) is 0 Å². The van der Waals surface area contributed by atoms with Crippen molar-refractivity contribution in [2.24, 2.45) is 0 Å². The summed E-state index contributed by atoms with van der Waals surface area (Å²) in [7, 11) is 12.6. The molecule has 1 saturated heterocycles. The van der Waals surface area contributed by atoms with Crippen LogP contribution in [0.25, 0.3) is 0 Å². The summed E-state index contributed by atoms with van der Waals surface area (Å²) in [6.45, 7) is 12.6. The number of hydrogen-bond acceptors (Lipinski definition) is 6. The first-order chi connectivity index (χ1) is 21.1. The lowest BCUT2D eigenvalue weighted by atomic mass is 9.28. The van der Waals surface area contributed by atoms with Crippen molar-refractivity contribution < 1.29 is 23.5 Å². The number of carbonyl (C=O) groups excluding carboxylic acids is 3. The highest BCUT2D eigenvalue weighted by atomic mass is 19.1. The van der Waals surface area contributed by atoms with Crippen LogP contribution in [-0.4, -0.2) is 113 Å². The Morgan fingerprint density at radius 3 is 2.22 bits per heavy atom. The zero-order valence-corrected chi connectivity index (χ0v) is 29.9. The summed E-state index contributed by atoms with van der Waals surface area (Å²) in [5.74, 6) is -0.675. The van der Waals surface area contributed by atoms with Gasteiger partial charge in [0.2, 0.25) is 12.3 Å². The maximum atomic E-state index is 15.5. The first-order valence-electron chi connectivity index (χ1n) is 16.1. The van der Waals surface area contributed by atoms with Crippen LogP contribution in [-0.2, 0) is 37.5 Å². The molecule has 0 spiro atoms. The van der Waals surface area contributed by atoms with E-state index in [1.54, 1.807) is 15.7 Å². The maximum Gasteiger partial charge on any atom is 0.241 e. The third-order valence-electron chi connectivity index (χ3n) is 9.67. The van der Waals surface area contributed by atoms with E-state index in [0.29, 0.717) is 18.5 Å². The Hall–Kier alpha value is -2.91. The number of aldehydes is 1. The van der Waals surface area contributed by atoms with Crippen LogP contribution in [0.3, 0.4) is 0 Å². The summed E-state index contributed by atoms with van der Waals surface area (Å²) >= 11 is 0. The first kappa shape index (κ1) is 37.5. The van der Waals surface area contributed by atoms with E-state index in [9.17, 15) is 14.4 Å². The molecular weight excluding hydrogens is 576 g/mol. The summed E-state index contributed by atoms with van der Waals surface area (Å²) in [6.07, 6.45) is 1.50. The van der Waals surface area contributed by atoms with E-state index >= 15 is 4.39 Å². The number of rotatable bonds is 13. The fourth-order valence-electron chi connectivity index (χ4n) is 6.80. The number of likely N-dealkylation sites (N-methyl/N-ethyl adjacent to an activating group) is 1. The van der Waals surface area contributed by atoms with E-state index in [4.69, 9.17) is 4.74 Å². The highest BCUT2D eigenvalue weighted by Gasteiger charge is 2.48. The summed E-state index contributed by atoms with van der Waals surface area (Å²) in [4.78, 5) is 41.8. The van der Waals surface area contributed by atoms with Crippen molar-refractivity contribution in [3.63, 3.8) is 0 Å². The molecule has 242 valence electrons. The van der Waals surface area contributed by atoms with Gasteiger partial charge in [-0.3, -0.25) is 14.5 Å². The van der Waals surface area contributed by atoms with Crippen molar-refractivity contribution in [1.82, 2.24) is 15.1 Å². The minimum absolute atomic E-state index is 0.107. The summed E-state index contributed by atoms with van der Waals surface area (Å²) in [5.41, 5.74) is 3.36. The molecule has 1 unspecified atom stereocenters. The Labute approximate surface area is 280 Å². The van der Waals surface area contributed by atoms with Gasteiger partial charge in [0, 0.05) is 44.3 Å². The van der Waals surface area contributed by atoms with Crippen LogP contribution >= 0.6 is 0 Å². The molecule has 2 N–H and O–H groups in total. The molecule has 0 bridgehead atoms. The van der Waals surface area contributed by atoms with Gasteiger partial charge in [-0.25, -0.2) is 4.39 Å². The molecule has 46 heavy (non-hydrogen) atoms. The molecule has 15 heteroatoms. The number of nitrogens with one attached hydrogen (secondary N) is 2. The van der Waals surface area contributed by atoms with Gasteiger partial charge in [0.15, 0.2) is 0 Å². The van der Waals surface area contributed by atoms with Crippen LogP contribution in [0.1, 0.15) is 49.9 Å². The van der Waals surface area contributed by atoms with E-state index in [1.165, 1.54) is 18.0 Å². The number of aryl methyl sites for hydroxylation is 1. The van der Waals surface area contributed by atoms with Gasteiger partial charge in [0.1, 0.15) is 65.2 Å². The number of anilines is 1. The zero-order valence-electron chi connectivity index (χ0n) is 29.9. The normalized spacial score (nSPS) is 17.5. The molecule has 1 atom stereocenters. The fourth-order valence-corrected chi connectivity index (χ4v) is 6.80. The van der Waals surface area contributed by atoms with E-state index < -0.39 is 21.8 Å². The molecule has 2 aromatic carbocycles. The van der Waals surface area contributed by atoms with Crippen molar-refractivity contribution in [3.05, 3.63) is 64.5 Å². The number of halogens is 1. The van der Waals surface area contributed by atoms with E-state index in [0.717, 1.165) is 41.8 Å². The number of benzene rings is 2. The van der Waals surface area contributed by atoms with Gasteiger partial charge < -0.3 is 25.1 Å². The quantitative estimate of drug-likeness (QED) is 0.199. The SMILES string of the molecule is BC(B)(Nc1cccc(C)c1CN(C=O)C(C(=O)NC)C(B)(B)C(B)(B)C=O)c1cc(CN2CC(C)(C)OC(C)(C)C2)ccc1F. The van der Waals surface area contributed by atoms with Crippen LogP contribution in [0.15, 0.2) is 36.4 Å². The monoisotopic (exact) mass is 626 g/mol. The molecule has 8 nitrogen and oxygen atoms in total. The van der Waals surface area contributed by atoms with Crippen molar-refractivity contribution in [1.29, 1.82) is 0 Å². The van der Waals surface area contributed by atoms with E-state index in [-0.39, 0.29) is 29.5 Å². The second-order valence-corrected chi connectivity index (χ2v) is 15.8. The third kappa shape index (κ3) is 8.32. The van der Waals surface area contributed by atoms with Crippen LogP contribution in [0.5, 0.6) is 0 Å². The van der Waals surface area contributed by atoms with Gasteiger partial charge in [0.05, 0.1) is 11.2 Å². The van der Waals surface area contributed by atoms with Gasteiger partial charge in [0.25, 0.3) is 0 Å². The topological polar surface area (TPSA) is 91.0 Å². The van der Waals surface area contributed by atoms with Gasteiger partial charge in [-0.2, -0.15) is 0 Å². The lowest BCUT2D eigenvalue weighted by molar-refractivity contribution is -0.182. The van der Waals surface area contributed by atoms with Crippen LogP contribution < -0.4 is 10.6 Å². The Balaban J connectivity index is 1.97. The highest BCUT2D eigenvalue weighted by Crippen LogP contribution is 2.45. The molecule has 2 aromatic rings. The Morgan fingerprint density at radius 1 is 1.07 bits per heavy atom.